The lowest BCUT2D eigenvalue weighted by Gasteiger charge is -2.33. The third-order valence-electron chi connectivity index (χ3n) is 3.31. The molecule has 2 aromatic rings. The first-order valence-electron chi connectivity index (χ1n) is 7.86. The van der Waals surface area contributed by atoms with Gasteiger partial charge < -0.3 is 5.32 Å². The minimum atomic E-state index is -2.41. The molecule has 1 N–H and O–H groups in total. The molecule has 0 aliphatic carbocycles. The molecule has 1 fully saturated rings. The van der Waals surface area contributed by atoms with Gasteiger partial charge in [-0.25, -0.2) is 0 Å². The normalized spacial score (nSPS) is 21.4. The summed E-state index contributed by atoms with van der Waals surface area (Å²) < 4.78 is 22.2. The molecule has 3 rings (SSSR count). The van der Waals surface area contributed by atoms with Gasteiger partial charge in [-0.05, 0) is 10.8 Å². The average molecular weight is 261 g/mol. The molecule has 1 aromatic carbocycles. The van der Waals surface area contributed by atoms with Gasteiger partial charge in [0.2, 0.25) is 0 Å². The second-order valence-electron chi connectivity index (χ2n) is 4.54. The zero-order chi connectivity index (χ0) is 15.6. The molecule has 1 aliphatic rings. The lowest BCUT2D eigenvalue weighted by molar-refractivity contribution is 0.192. The van der Waals surface area contributed by atoms with Crippen LogP contribution in [0.25, 0.3) is 0 Å². The number of hydrogen-bond donors (Lipinski definition) is 1. The molecule has 2 heterocycles. The summed E-state index contributed by atoms with van der Waals surface area (Å²) in [5, 5.41) is 15.1. The molecular formula is C13H18N6. The van der Waals surface area contributed by atoms with Crippen LogP contribution in [0, 0.1) is 0 Å². The van der Waals surface area contributed by atoms with Crippen molar-refractivity contribution in [3.05, 3.63) is 41.7 Å². The van der Waals surface area contributed by atoms with Crippen LogP contribution in [0.2, 0.25) is 0 Å². The Morgan fingerprint density at radius 2 is 2.05 bits per heavy atom. The van der Waals surface area contributed by atoms with E-state index in [1.54, 1.807) is 0 Å². The highest BCUT2D eigenvalue weighted by atomic mass is 15.6. The molecule has 6 nitrogen and oxygen atoms in total. The molecule has 19 heavy (non-hydrogen) atoms. The number of rotatable bonds is 3. The van der Waals surface area contributed by atoms with Gasteiger partial charge in [-0.1, -0.05) is 30.3 Å². The lowest BCUT2D eigenvalue weighted by atomic mass is 10.0. The van der Waals surface area contributed by atoms with Crippen molar-refractivity contribution < 1.29 is 4.11 Å². The van der Waals surface area contributed by atoms with E-state index in [1.807, 2.05) is 30.3 Å². The SMILES string of the molecule is [2H]C([2H])([2H])n1nnc(C(c2ccccc2)N2CCNCC2)n1. The van der Waals surface area contributed by atoms with E-state index < -0.39 is 6.98 Å². The van der Waals surface area contributed by atoms with Crippen molar-refractivity contribution in [1.29, 1.82) is 0 Å². The summed E-state index contributed by atoms with van der Waals surface area (Å²) in [6.07, 6.45) is 0. The fraction of sp³-hybridized carbons (Fsp3) is 0.462. The predicted molar refractivity (Wildman–Crippen MR) is 71.5 cm³/mol. The van der Waals surface area contributed by atoms with Gasteiger partial charge in [0, 0.05) is 30.3 Å². The van der Waals surface area contributed by atoms with Crippen LogP contribution in [-0.2, 0) is 6.98 Å². The van der Waals surface area contributed by atoms with E-state index in [1.165, 1.54) is 0 Å². The van der Waals surface area contributed by atoms with Gasteiger partial charge in [-0.3, -0.25) is 4.90 Å². The number of aryl methyl sites for hydroxylation is 1. The summed E-state index contributed by atoms with van der Waals surface area (Å²) in [6.45, 7) is 1.06. The van der Waals surface area contributed by atoms with Crippen LogP contribution in [0.5, 0.6) is 0 Å². The van der Waals surface area contributed by atoms with Crippen molar-refractivity contribution in [1.82, 2.24) is 30.4 Å². The largest absolute Gasteiger partial charge is 0.314 e. The van der Waals surface area contributed by atoms with E-state index in [0.717, 1.165) is 31.7 Å². The monoisotopic (exact) mass is 261 g/mol. The molecule has 0 saturated carbocycles. The first-order chi connectivity index (χ1) is 10.6. The van der Waals surface area contributed by atoms with Gasteiger partial charge in [-0.15, -0.1) is 10.2 Å². The van der Waals surface area contributed by atoms with Crippen molar-refractivity contribution >= 4 is 0 Å². The van der Waals surface area contributed by atoms with E-state index in [2.05, 4.69) is 25.6 Å². The number of benzene rings is 1. The van der Waals surface area contributed by atoms with Crippen LogP contribution in [-0.4, -0.2) is 51.3 Å². The first-order valence-corrected chi connectivity index (χ1v) is 6.36. The summed E-state index contributed by atoms with van der Waals surface area (Å²) >= 11 is 0. The second-order valence-corrected chi connectivity index (χ2v) is 4.54. The Kier molecular flexibility index (Phi) is 2.63. The van der Waals surface area contributed by atoms with Gasteiger partial charge in [0.05, 0.1) is 13.0 Å². The summed E-state index contributed by atoms with van der Waals surface area (Å²) in [7, 11) is 0. The number of piperazine rings is 1. The maximum atomic E-state index is 7.38. The van der Waals surface area contributed by atoms with Crippen LogP contribution in [0.15, 0.2) is 30.3 Å². The number of nitrogens with zero attached hydrogens (tertiary/aromatic N) is 5. The van der Waals surface area contributed by atoms with Crippen LogP contribution in [0.4, 0.5) is 0 Å². The average Bonchev–Trinajstić information content (AvgIpc) is 2.99. The minimum absolute atomic E-state index is 0.181. The highest BCUT2D eigenvalue weighted by molar-refractivity contribution is 5.24. The molecular weight excluding hydrogens is 240 g/mol. The Balaban J connectivity index is 1.96. The third kappa shape index (κ3) is 2.64. The van der Waals surface area contributed by atoms with Crippen molar-refractivity contribution in [2.24, 2.45) is 6.98 Å². The number of hydrogen-bond acceptors (Lipinski definition) is 5. The van der Waals surface area contributed by atoms with E-state index in [-0.39, 0.29) is 6.04 Å². The number of tetrazole rings is 1. The van der Waals surface area contributed by atoms with Gasteiger partial charge in [0.25, 0.3) is 0 Å². The van der Waals surface area contributed by atoms with Crippen LogP contribution >= 0.6 is 0 Å². The van der Waals surface area contributed by atoms with E-state index >= 15 is 0 Å². The van der Waals surface area contributed by atoms with Gasteiger partial charge in [0.15, 0.2) is 5.82 Å². The zero-order valence-corrected chi connectivity index (χ0v) is 10.5. The summed E-state index contributed by atoms with van der Waals surface area (Å²) in [6, 6.07) is 9.69. The lowest BCUT2D eigenvalue weighted by Crippen LogP contribution is -2.45. The molecule has 1 aliphatic heterocycles. The second kappa shape index (κ2) is 5.46. The topological polar surface area (TPSA) is 58.9 Å². The van der Waals surface area contributed by atoms with E-state index in [9.17, 15) is 0 Å². The summed E-state index contributed by atoms with van der Waals surface area (Å²) in [4.78, 5) is 2.95. The van der Waals surface area contributed by atoms with Crippen LogP contribution < -0.4 is 5.32 Å². The molecule has 0 radical (unpaired) electrons. The molecule has 1 saturated heterocycles. The van der Waals surface area contributed by atoms with Crippen molar-refractivity contribution in [3.8, 4) is 0 Å². The molecule has 1 atom stereocenters. The van der Waals surface area contributed by atoms with Crippen molar-refractivity contribution in [2.75, 3.05) is 26.2 Å². The zero-order valence-electron chi connectivity index (χ0n) is 13.5. The summed E-state index contributed by atoms with van der Waals surface area (Å²) in [5.41, 5.74) is 1.04. The number of nitrogens with one attached hydrogen (secondary N) is 1. The molecule has 6 heteroatoms. The van der Waals surface area contributed by atoms with Crippen molar-refractivity contribution in [3.63, 3.8) is 0 Å². The van der Waals surface area contributed by atoms with E-state index in [0.29, 0.717) is 10.6 Å². The fourth-order valence-corrected chi connectivity index (χ4v) is 2.43. The quantitative estimate of drug-likeness (QED) is 0.855. The molecule has 100 valence electrons. The van der Waals surface area contributed by atoms with Gasteiger partial charge >= 0.3 is 0 Å². The highest BCUT2D eigenvalue weighted by Crippen LogP contribution is 2.25. The smallest absolute Gasteiger partial charge is 0.196 e. The van der Waals surface area contributed by atoms with Gasteiger partial charge in [-0.2, -0.15) is 4.80 Å². The molecule has 1 unspecified atom stereocenters. The Hall–Kier alpha value is -1.79. The summed E-state index contributed by atoms with van der Waals surface area (Å²) in [5.74, 6) is 0.421. The Morgan fingerprint density at radius 1 is 1.26 bits per heavy atom. The molecule has 0 amide bonds. The highest BCUT2D eigenvalue weighted by Gasteiger charge is 2.27. The molecule has 0 spiro atoms. The van der Waals surface area contributed by atoms with Crippen LogP contribution in [0.3, 0.4) is 0 Å². The Morgan fingerprint density at radius 3 is 2.74 bits per heavy atom. The first kappa shape index (κ1) is 9.17. The Labute approximate surface area is 116 Å². The van der Waals surface area contributed by atoms with Crippen molar-refractivity contribution in [2.45, 2.75) is 6.04 Å². The van der Waals surface area contributed by atoms with Gasteiger partial charge in [0.1, 0.15) is 0 Å². The standard InChI is InChI=1S/C13H18N6/c1-18-16-13(15-17-18)12(11-5-3-2-4-6-11)19-9-7-14-8-10-19/h2-6,12,14H,7-10H2,1H3/i1D3. The van der Waals surface area contributed by atoms with Crippen LogP contribution in [0.1, 0.15) is 21.5 Å². The Bertz CT molecular complexity index is 606. The molecule has 0 bridgehead atoms. The minimum Gasteiger partial charge on any atom is -0.314 e. The maximum Gasteiger partial charge on any atom is 0.196 e. The third-order valence-corrected chi connectivity index (χ3v) is 3.31. The van der Waals surface area contributed by atoms with E-state index in [4.69, 9.17) is 4.11 Å². The predicted octanol–water partition coefficient (Wildman–Crippen LogP) is 0.205. The molecule has 1 aromatic heterocycles. The fourth-order valence-electron chi connectivity index (χ4n) is 2.43. The maximum absolute atomic E-state index is 7.38. The number of aromatic nitrogens is 4.